The van der Waals surface area contributed by atoms with Crippen LogP contribution in [0.5, 0.6) is 5.75 Å². The maximum Gasteiger partial charge on any atom is 0.269 e. The van der Waals surface area contributed by atoms with Crippen molar-refractivity contribution < 1.29 is 19.1 Å². The monoisotopic (exact) mass is 381 g/mol. The minimum atomic E-state index is -0.489. The first-order valence-electron chi connectivity index (χ1n) is 9.21. The van der Waals surface area contributed by atoms with Gasteiger partial charge in [-0.2, -0.15) is 0 Å². The van der Waals surface area contributed by atoms with Crippen molar-refractivity contribution in [2.24, 2.45) is 5.92 Å². The molecule has 1 unspecified atom stereocenters. The molecule has 28 heavy (non-hydrogen) atoms. The summed E-state index contributed by atoms with van der Waals surface area (Å²) >= 11 is 0. The molecule has 0 spiro atoms. The van der Waals surface area contributed by atoms with Crippen molar-refractivity contribution >= 4 is 17.7 Å². The van der Waals surface area contributed by atoms with Gasteiger partial charge in [-0.05, 0) is 36.8 Å². The fourth-order valence-corrected chi connectivity index (χ4v) is 3.07. The summed E-state index contributed by atoms with van der Waals surface area (Å²) in [6, 6.07) is 16.2. The lowest BCUT2D eigenvalue weighted by molar-refractivity contribution is -0.129. The van der Waals surface area contributed by atoms with Gasteiger partial charge in [-0.3, -0.25) is 25.2 Å². The van der Waals surface area contributed by atoms with Crippen LogP contribution in [0.15, 0.2) is 54.6 Å². The molecule has 3 amide bonds. The van der Waals surface area contributed by atoms with Gasteiger partial charge in [-0.15, -0.1) is 0 Å². The number of hydrogen-bond acceptors (Lipinski definition) is 4. The topological polar surface area (TPSA) is 87.7 Å². The van der Waals surface area contributed by atoms with Gasteiger partial charge in [-0.25, -0.2) is 0 Å². The number of carbonyl (C=O) groups excluding carboxylic acids is 3. The summed E-state index contributed by atoms with van der Waals surface area (Å²) in [7, 11) is 0. The van der Waals surface area contributed by atoms with Crippen molar-refractivity contribution in [2.75, 3.05) is 13.2 Å². The molecule has 1 aliphatic rings. The Morgan fingerprint density at radius 2 is 1.79 bits per heavy atom. The van der Waals surface area contributed by atoms with Crippen molar-refractivity contribution in [1.29, 1.82) is 0 Å². The predicted octanol–water partition coefficient (Wildman–Crippen LogP) is 1.89. The smallest absolute Gasteiger partial charge is 0.269 e. The van der Waals surface area contributed by atoms with Crippen LogP contribution in [-0.2, 0) is 16.1 Å². The second kappa shape index (κ2) is 9.03. The number of carbonyl (C=O) groups is 3. The molecule has 2 aromatic rings. The summed E-state index contributed by atoms with van der Waals surface area (Å²) in [5.41, 5.74) is 6.23. The lowest BCUT2D eigenvalue weighted by atomic mass is 10.1. The first kappa shape index (κ1) is 19.4. The fourth-order valence-electron chi connectivity index (χ4n) is 3.07. The predicted molar refractivity (Wildman–Crippen MR) is 103 cm³/mol. The summed E-state index contributed by atoms with van der Waals surface area (Å²) < 4.78 is 5.33. The number of likely N-dealkylation sites (tertiary alicyclic amines) is 1. The molecule has 146 valence electrons. The van der Waals surface area contributed by atoms with Crippen LogP contribution in [0.25, 0.3) is 0 Å². The average molecular weight is 381 g/mol. The Morgan fingerprint density at radius 3 is 2.46 bits per heavy atom. The fraction of sp³-hybridized carbons (Fsp3) is 0.286. The molecular formula is C21H23N3O4. The van der Waals surface area contributed by atoms with Crippen molar-refractivity contribution in [2.45, 2.75) is 19.9 Å². The molecule has 1 aliphatic heterocycles. The first-order chi connectivity index (χ1) is 13.6. The van der Waals surface area contributed by atoms with Crippen LogP contribution in [-0.4, -0.2) is 35.8 Å². The molecule has 7 nitrogen and oxygen atoms in total. The number of benzene rings is 2. The molecule has 3 rings (SSSR count). The Hall–Kier alpha value is -3.35. The van der Waals surface area contributed by atoms with Gasteiger partial charge in [0.25, 0.3) is 5.91 Å². The van der Waals surface area contributed by atoms with E-state index in [-0.39, 0.29) is 18.2 Å². The third kappa shape index (κ3) is 4.88. The van der Waals surface area contributed by atoms with Crippen molar-refractivity contribution in [3.8, 4) is 5.75 Å². The molecule has 2 aromatic carbocycles. The average Bonchev–Trinajstić information content (AvgIpc) is 3.08. The van der Waals surface area contributed by atoms with E-state index >= 15 is 0 Å². The molecular weight excluding hydrogens is 358 g/mol. The summed E-state index contributed by atoms with van der Waals surface area (Å²) in [6.45, 7) is 3.23. The molecule has 1 saturated heterocycles. The summed E-state index contributed by atoms with van der Waals surface area (Å²) in [5, 5.41) is 0. The molecule has 1 atom stereocenters. The van der Waals surface area contributed by atoms with E-state index in [9.17, 15) is 14.4 Å². The molecule has 0 aromatic heterocycles. The highest BCUT2D eigenvalue weighted by atomic mass is 16.5. The van der Waals surface area contributed by atoms with Gasteiger partial charge in [0, 0.05) is 25.1 Å². The Balaban J connectivity index is 1.49. The molecule has 0 aliphatic carbocycles. The van der Waals surface area contributed by atoms with E-state index in [2.05, 4.69) is 10.9 Å². The highest BCUT2D eigenvalue weighted by Gasteiger charge is 2.34. The zero-order chi connectivity index (χ0) is 19.9. The Bertz CT molecular complexity index is 836. The zero-order valence-corrected chi connectivity index (χ0v) is 15.7. The minimum absolute atomic E-state index is 0.0677. The minimum Gasteiger partial charge on any atom is -0.494 e. The van der Waals surface area contributed by atoms with E-state index in [1.807, 2.05) is 37.3 Å². The Morgan fingerprint density at radius 1 is 1.07 bits per heavy atom. The number of nitrogens with one attached hydrogen (secondary N) is 2. The van der Waals surface area contributed by atoms with Crippen LogP contribution < -0.4 is 15.6 Å². The quantitative estimate of drug-likeness (QED) is 0.748. The molecule has 0 bridgehead atoms. The third-order valence-corrected chi connectivity index (χ3v) is 4.53. The largest absolute Gasteiger partial charge is 0.494 e. The number of hydrazine groups is 1. The van der Waals surface area contributed by atoms with E-state index < -0.39 is 11.8 Å². The van der Waals surface area contributed by atoms with Crippen LogP contribution >= 0.6 is 0 Å². The molecule has 2 N–H and O–H groups in total. The SMILES string of the molecule is CCOc1ccc(C(=O)NNC(=O)C2CC(=O)N(Cc3ccccc3)C2)cc1. The van der Waals surface area contributed by atoms with Gasteiger partial charge in [0.05, 0.1) is 12.5 Å². The highest BCUT2D eigenvalue weighted by Crippen LogP contribution is 2.20. The lowest BCUT2D eigenvalue weighted by Crippen LogP contribution is -2.45. The van der Waals surface area contributed by atoms with E-state index in [4.69, 9.17) is 4.74 Å². The zero-order valence-electron chi connectivity index (χ0n) is 15.7. The number of rotatable bonds is 6. The first-order valence-corrected chi connectivity index (χ1v) is 9.21. The van der Waals surface area contributed by atoms with Crippen molar-refractivity contribution in [3.63, 3.8) is 0 Å². The maximum atomic E-state index is 12.3. The van der Waals surface area contributed by atoms with Crippen LogP contribution in [0.4, 0.5) is 0 Å². The maximum absolute atomic E-state index is 12.3. The van der Waals surface area contributed by atoms with Crippen LogP contribution in [0, 0.1) is 5.92 Å². The lowest BCUT2D eigenvalue weighted by Gasteiger charge is -2.16. The Kier molecular flexibility index (Phi) is 6.26. The van der Waals surface area contributed by atoms with Crippen molar-refractivity contribution in [1.82, 2.24) is 15.8 Å². The molecule has 1 fully saturated rings. The molecule has 0 radical (unpaired) electrons. The number of ether oxygens (including phenoxy) is 1. The molecule has 0 saturated carbocycles. The van der Waals surface area contributed by atoms with Gasteiger partial charge in [-0.1, -0.05) is 30.3 Å². The van der Waals surface area contributed by atoms with Crippen LogP contribution in [0.2, 0.25) is 0 Å². The van der Waals surface area contributed by atoms with Gasteiger partial charge in [0.15, 0.2) is 0 Å². The normalized spacial score (nSPS) is 16.0. The highest BCUT2D eigenvalue weighted by molar-refractivity contribution is 5.96. The van der Waals surface area contributed by atoms with Crippen LogP contribution in [0.1, 0.15) is 29.3 Å². The Labute approximate surface area is 163 Å². The summed E-state index contributed by atoms with van der Waals surface area (Å²) in [6.07, 6.45) is 0.136. The number of amides is 3. The number of nitrogens with zero attached hydrogens (tertiary/aromatic N) is 1. The van der Waals surface area contributed by atoms with E-state index in [1.165, 1.54) is 0 Å². The second-order valence-electron chi connectivity index (χ2n) is 6.56. The van der Waals surface area contributed by atoms with Gasteiger partial charge in [0.2, 0.25) is 11.8 Å². The van der Waals surface area contributed by atoms with Gasteiger partial charge >= 0.3 is 0 Å². The van der Waals surface area contributed by atoms with Crippen molar-refractivity contribution in [3.05, 3.63) is 65.7 Å². The number of hydrogen-bond donors (Lipinski definition) is 2. The second-order valence-corrected chi connectivity index (χ2v) is 6.56. The third-order valence-electron chi connectivity index (χ3n) is 4.53. The van der Waals surface area contributed by atoms with Crippen LogP contribution in [0.3, 0.4) is 0 Å². The summed E-state index contributed by atoms with van der Waals surface area (Å²) in [5.74, 6) is -0.685. The van der Waals surface area contributed by atoms with E-state index in [1.54, 1.807) is 29.2 Å². The molecule has 1 heterocycles. The van der Waals surface area contributed by atoms with E-state index in [0.29, 0.717) is 31.0 Å². The molecule has 7 heteroatoms. The van der Waals surface area contributed by atoms with E-state index in [0.717, 1.165) is 5.56 Å². The summed E-state index contributed by atoms with van der Waals surface area (Å²) in [4.78, 5) is 38.3. The standard InChI is InChI=1S/C21H23N3O4/c1-2-28-18-10-8-16(9-11-18)20(26)22-23-21(27)17-12-19(25)24(14-17)13-15-6-4-3-5-7-15/h3-11,17H,2,12-14H2,1H3,(H,22,26)(H,23,27). The van der Waals surface area contributed by atoms with Gasteiger partial charge < -0.3 is 9.64 Å². The van der Waals surface area contributed by atoms with Gasteiger partial charge in [0.1, 0.15) is 5.75 Å².